The van der Waals surface area contributed by atoms with E-state index in [1.807, 2.05) is 18.3 Å². The molecule has 1 atom stereocenters. The third kappa shape index (κ3) is 4.78. The van der Waals surface area contributed by atoms with Crippen LogP contribution in [0.25, 0.3) is 33.2 Å². The van der Waals surface area contributed by atoms with Crippen molar-refractivity contribution in [1.29, 1.82) is 0 Å². The lowest BCUT2D eigenvalue weighted by Crippen LogP contribution is -2.35. The molecule has 5 aromatic rings. The molecule has 1 aliphatic rings. The zero-order chi connectivity index (χ0) is 27.8. The predicted octanol–water partition coefficient (Wildman–Crippen LogP) is 5.99. The Hall–Kier alpha value is -4.01. The lowest BCUT2D eigenvalue weighted by molar-refractivity contribution is 0.0600. The first kappa shape index (κ1) is 26.2. The van der Waals surface area contributed by atoms with Gasteiger partial charge in [-0.1, -0.05) is 18.2 Å². The second kappa shape index (κ2) is 10.9. The number of fused-ring (bicyclic) bond motifs is 2. The number of hydrogen-bond donors (Lipinski definition) is 1. The SMILES string of the molecule is COCc1nc2ccc(-c3ccnc4c3cc([C@H](C)N3CCC(c5ccc(C(=O)OC)cc5)CC3)n4C)cc2[nH]1. The minimum Gasteiger partial charge on any atom is -0.465 e. The monoisotopic (exact) mass is 537 g/mol. The van der Waals surface area contributed by atoms with Crippen molar-refractivity contribution in [3.63, 3.8) is 0 Å². The van der Waals surface area contributed by atoms with Crippen molar-refractivity contribution >= 4 is 28.0 Å². The normalized spacial score (nSPS) is 15.6. The summed E-state index contributed by atoms with van der Waals surface area (Å²) in [5.41, 5.74) is 8.39. The van der Waals surface area contributed by atoms with Crippen LogP contribution in [0.15, 0.2) is 60.8 Å². The molecule has 1 fully saturated rings. The van der Waals surface area contributed by atoms with Crippen LogP contribution in [0, 0.1) is 0 Å². The molecule has 0 unspecified atom stereocenters. The molecule has 8 heteroatoms. The number of rotatable bonds is 7. The number of aromatic amines is 1. The predicted molar refractivity (Wildman–Crippen MR) is 156 cm³/mol. The van der Waals surface area contributed by atoms with Crippen LogP contribution in [0.4, 0.5) is 0 Å². The molecule has 2 aromatic carbocycles. The summed E-state index contributed by atoms with van der Waals surface area (Å²) in [6.45, 7) is 4.80. The van der Waals surface area contributed by atoms with Crippen molar-refractivity contribution in [2.24, 2.45) is 7.05 Å². The van der Waals surface area contributed by atoms with Gasteiger partial charge in [-0.25, -0.2) is 14.8 Å². The van der Waals surface area contributed by atoms with Crippen LogP contribution in [0.3, 0.4) is 0 Å². The van der Waals surface area contributed by atoms with Crippen LogP contribution in [-0.2, 0) is 23.1 Å². The Morgan fingerprint density at radius 2 is 1.85 bits per heavy atom. The van der Waals surface area contributed by atoms with Gasteiger partial charge in [0.25, 0.3) is 0 Å². The lowest BCUT2D eigenvalue weighted by atomic mass is 9.88. The number of carbonyl (C=O) groups excluding carboxylic acids is 1. The molecule has 206 valence electrons. The third-order valence-corrected chi connectivity index (χ3v) is 8.40. The van der Waals surface area contributed by atoms with E-state index in [2.05, 4.69) is 75.9 Å². The molecular weight excluding hydrogens is 502 g/mol. The number of benzene rings is 2. The molecule has 40 heavy (non-hydrogen) atoms. The number of ether oxygens (including phenoxy) is 2. The van der Waals surface area contributed by atoms with Gasteiger partial charge in [0.15, 0.2) is 0 Å². The van der Waals surface area contributed by atoms with Crippen LogP contribution < -0.4 is 0 Å². The van der Waals surface area contributed by atoms with Crippen molar-refractivity contribution in [2.75, 3.05) is 27.3 Å². The van der Waals surface area contributed by atoms with Gasteiger partial charge in [-0.05, 0) is 91.9 Å². The van der Waals surface area contributed by atoms with Gasteiger partial charge >= 0.3 is 5.97 Å². The minimum atomic E-state index is -0.291. The zero-order valence-corrected chi connectivity index (χ0v) is 23.5. The number of nitrogens with zero attached hydrogens (tertiary/aromatic N) is 4. The van der Waals surface area contributed by atoms with E-state index < -0.39 is 0 Å². The average molecular weight is 538 g/mol. The summed E-state index contributed by atoms with van der Waals surface area (Å²) in [6.07, 6.45) is 4.08. The molecule has 3 aromatic heterocycles. The Labute approximate surface area is 233 Å². The number of piperidine rings is 1. The Morgan fingerprint density at radius 3 is 2.58 bits per heavy atom. The fourth-order valence-corrected chi connectivity index (χ4v) is 6.14. The highest BCUT2D eigenvalue weighted by molar-refractivity contribution is 5.96. The molecule has 8 nitrogen and oxygen atoms in total. The summed E-state index contributed by atoms with van der Waals surface area (Å²) in [5.74, 6) is 1.03. The number of aromatic nitrogens is 4. The van der Waals surface area contributed by atoms with Gasteiger partial charge in [0.05, 0.1) is 23.7 Å². The van der Waals surface area contributed by atoms with Crippen LogP contribution in [-0.4, -0.2) is 57.7 Å². The topological polar surface area (TPSA) is 85.3 Å². The molecule has 0 spiro atoms. The van der Waals surface area contributed by atoms with Gasteiger partial charge in [0, 0.05) is 37.5 Å². The summed E-state index contributed by atoms with van der Waals surface area (Å²) in [6, 6.07) is 18.9. The summed E-state index contributed by atoms with van der Waals surface area (Å²) in [5, 5.41) is 1.16. The maximum atomic E-state index is 11.8. The first-order valence-electron chi connectivity index (χ1n) is 13.8. The molecule has 0 amide bonds. The van der Waals surface area contributed by atoms with E-state index in [1.54, 1.807) is 7.11 Å². The van der Waals surface area contributed by atoms with Crippen molar-refractivity contribution in [2.45, 2.75) is 38.3 Å². The Balaban J connectivity index is 1.22. The Morgan fingerprint density at radius 1 is 1.07 bits per heavy atom. The number of pyridine rings is 1. The Bertz CT molecular complexity index is 1660. The zero-order valence-electron chi connectivity index (χ0n) is 23.5. The maximum absolute atomic E-state index is 11.8. The van der Waals surface area contributed by atoms with E-state index in [-0.39, 0.29) is 12.0 Å². The number of nitrogens with one attached hydrogen (secondary N) is 1. The number of esters is 1. The highest BCUT2D eigenvalue weighted by atomic mass is 16.5. The highest BCUT2D eigenvalue weighted by Crippen LogP contribution is 2.36. The fourth-order valence-electron chi connectivity index (χ4n) is 6.14. The summed E-state index contributed by atoms with van der Waals surface area (Å²) in [4.78, 5) is 27.1. The molecule has 4 heterocycles. The number of carbonyl (C=O) groups is 1. The molecule has 0 saturated carbocycles. The van der Waals surface area contributed by atoms with E-state index in [0.29, 0.717) is 18.1 Å². The fraction of sp³-hybridized carbons (Fsp3) is 0.344. The van der Waals surface area contributed by atoms with E-state index in [0.717, 1.165) is 64.9 Å². The molecule has 1 saturated heterocycles. The van der Waals surface area contributed by atoms with Gasteiger partial charge in [-0.15, -0.1) is 0 Å². The number of aryl methyl sites for hydroxylation is 1. The summed E-state index contributed by atoms with van der Waals surface area (Å²) >= 11 is 0. The molecule has 0 bridgehead atoms. The molecular formula is C32H35N5O3. The second-order valence-electron chi connectivity index (χ2n) is 10.7. The molecule has 0 radical (unpaired) electrons. The standard InChI is InChI=1S/C32H35N5O3/c1-20(37-15-12-22(13-16-37)21-5-7-23(8-6-21)32(38)40-4)29-18-26-25(11-14-33-31(26)36(29)2)24-9-10-27-28(17-24)35-30(34-27)19-39-3/h5-11,14,17-18,20,22H,12-13,15-16,19H2,1-4H3,(H,34,35)/t20-/m0/s1. The van der Waals surface area contributed by atoms with Gasteiger partial charge in [0.1, 0.15) is 18.1 Å². The summed E-state index contributed by atoms with van der Waals surface area (Å²) < 4.78 is 12.3. The van der Waals surface area contributed by atoms with E-state index in [4.69, 9.17) is 14.5 Å². The number of imidazole rings is 1. The first-order valence-corrected chi connectivity index (χ1v) is 13.8. The van der Waals surface area contributed by atoms with Crippen LogP contribution in [0.5, 0.6) is 0 Å². The largest absolute Gasteiger partial charge is 0.465 e. The molecule has 0 aliphatic carbocycles. The number of methoxy groups -OCH3 is 2. The van der Waals surface area contributed by atoms with Gasteiger partial charge < -0.3 is 19.0 Å². The number of hydrogen-bond acceptors (Lipinski definition) is 6. The maximum Gasteiger partial charge on any atom is 0.337 e. The van der Waals surface area contributed by atoms with E-state index in [1.165, 1.54) is 18.4 Å². The molecule has 1 aliphatic heterocycles. The van der Waals surface area contributed by atoms with Crippen molar-refractivity contribution in [1.82, 2.24) is 24.4 Å². The van der Waals surface area contributed by atoms with Crippen LogP contribution >= 0.6 is 0 Å². The van der Waals surface area contributed by atoms with E-state index >= 15 is 0 Å². The van der Waals surface area contributed by atoms with Crippen molar-refractivity contribution in [3.05, 3.63) is 83.4 Å². The van der Waals surface area contributed by atoms with Gasteiger partial charge in [-0.2, -0.15) is 0 Å². The minimum absolute atomic E-state index is 0.265. The molecule has 6 rings (SSSR count). The molecule has 1 N–H and O–H groups in total. The average Bonchev–Trinajstić information content (AvgIpc) is 3.56. The number of H-pyrrole nitrogens is 1. The quantitative estimate of drug-likeness (QED) is 0.257. The smallest absolute Gasteiger partial charge is 0.337 e. The van der Waals surface area contributed by atoms with Gasteiger partial charge in [-0.3, -0.25) is 4.90 Å². The van der Waals surface area contributed by atoms with E-state index in [9.17, 15) is 4.79 Å². The first-order chi connectivity index (χ1) is 19.5. The van der Waals surface area contributed by atoms with Crippen molar-refractivity contribution < 1.29 is 14.3 Å². The number of likely N-dealkylation sites (tertiary alicyclic amines) is 1. The van der Waals surface area contributed by atoms with Crippen LogP contribution in [0.2, 0.25) is 0 Å². The highest BCUT2D eigenvalue weighted by Gasteiger charge is 2.27. The Kier molecular flexibility index (Phi) is 7.12. The van der Waals surface area contributed by atoms with Crippen LogP contribution in [0.1, 0.15) is 59.2 Å². The van der Waals surface area contributed by atoms with Crippen molar-refractivity contribution in [3.8, 4) is 11.1 Å². The lowest BCUT2D eigenvalue weighted by Gasteiger charge is -2.36. The van der Waals surface area contributed by atoms with Gasteiger partial charge in [0.2, 0.25) is 0 Å². The summed E-state index contributed by atoms with van der Waals surface area (Å²) in [7, 11) is 5.21. The second-order valence-corrected chi connectivity index (χ2v) is 10.7. The third-order valence-electron chi connectivity index (χ3n) is 8.40.